The minimum atomic E-state index is -0.214. The van der Waals surface area contributed by atoms with Gasteiger partial charge in [0, 0.05) is 70.5 Å². The van der Waals surface area contributed by atoms with Gasteiger partial charge in [-0.25, -0.2) is 0 Å². The fourth-order valence-corrected chi connectivity index (χ4v) is 14.3. The van der Waals surface area contributed by atoms with Crippen LogP contribution in [0.25, 0.3) is 81.0 Å². The molecule has 0 aliphatic carbocycles. The molecule has 378 valence electrons. The second-order valence-corrected chi connectivity index (χ2v) is 23.7. The van der Waals surface area contributed by atoms with Crippen LogP contribution in [0, 0.1) is 0 Å². The van der Waals surface area contributed by atoms with Crippen molar-refractivity contribution in [3.63, 3.8) is 0 Å². The first kappa shape index (κ1) is 47.3. The monoisotopic (exact) mass is 1030 g/mol. The second kappa shape index (κ2) is 18.6. The molecule has 15 rings (SSSR count). The molecule has 2 aromatic heterocycles. The average Bonchev–Trinajstić information content (AvgIpc) is 2.88. The maximum Gasteiger partial charge on any atom is 0.252 e. The lowest BCUT2D eigenvalue weighted by Crippen LogP contribution is -2.61. The highest BCUT2D eigenvalue weighted by Gasteiger charge is 2.46. The van der Waals surface area contributed by atoms with Gasteiger partial charge in [0.25, 0.3) is 6.71 Å². The van der Waals surface area contributed by atoms with E-state index in [1.165, 1.54) is 137 Å². The highest BCUT2D eigenvalue weighted by molar-refractivity contribution is 7.26. The SMILES string of the molecule is CCCCc1ccc2sc3ccccc3c2c1N1c2cc(-n3c4ccccc4c4ccccc43)ccc2B2c3cc(-c4ccccc4)ccc3N(c3c(-c4ccccc4)cccc3-c3ccccc3)c3cc(C(C)(C)C)cc1c32. The third kappa shape index (κ3) is 7.54. The van der Waals surface area contributed by atoms with Gasteiger partial charge in [0.05, 0.1) is 22.4 Å². The van der Waals surface area contributed by atoms with E-state index in [0.717, 1.165) is 24.9 Å². The van der Waals surface area contributed by atoms with Crippen LogP contribution < -0.4 is 26.2 Å². The van der Waals surface area contributed by atoms with Crippen LogP contribution in [-0.4, -0.2) is 11.3 Å². The van der Waals surface area contributed by atoms with Gasteiger partial charge in [-0.15, -0.1) is 11.3 Å². The minimum Gasteiger partial charge on any atom is -0.310 e. The van der Waals surface area contributed by atoms with Gasteiger partial charge in [-0.05, 0) is 123 Å². The van der Waals surface area contributed by atoms with Crippen LogP contribution in [0.4, 0.5) is 34.1 Å². The van der Waals surface area contributed by atoms with Crippen molar-refractivity contribution in [1.29, 1.82) is 0 Å². The Morgan fingerprint density at radius 3 is 1.65 bits per heavy atom. The first-order chi connectivity index (χ1) is 38.8. The second-order valence-electron chi connectivity index (χ2n) is 22.6. The normalized spacial score (nSPS) is 12.9. The number of benzene rings is 11. The van der Waals surface area contributed by atoms with Crippen molar-refractivity contribution in [2.75, 3.05) is 9.80 Å². The Labute approximate surface area is 467 Å². The van der Waals surface area contributed by atoms with E-state index in [1.54, 1.807) is 0 Å². The average molecular weight is 1030 g/mol. The summed E-state index contributed by atoms with van der Waals surface area (Å²) in [5.41, 5.74) is 24.4. The lowest BCUT2D eigenvalue weighted by molar-refractivity contribution is 0.590. The van der Waals surface area contributed by atoms with Crippen LogP contribution in [-0.2, 0) is 11.8 Å². The van der Waals surface area contributed by atoms with Crippen LogP contribution in [0.15, 0.2) is 243 Å². The number of aromatic nitrogens is 1. The van der Waals surface area contributed by atoms with E-state index < -0.39 is 0 Å². The molecule has 0 fully saturated rings. The molecular weight excluding hydrogens is 974 g/mol. The van der Waals surface area contributed by atoms with Crippen molar-refractivity contribution in [2.45, 2.75) is 52.4 Å². The number of hydrogen-bond acceptors (Lipinski definition) is 3. The summed E-state index contributed by atoms with van der Waals surface area (Å²) in [5, 5.41) is 5.15. The van der Waals surface area contributed by atoms with Gasteiger partial charge >= 0.3 is 0 Å². The highest BCUT2D eigenvalue weighted by Crippen LogP contribution is 2.54. The Bertz CT molecular complexity index is 4420. The van der Waals surface area contributed by atoms with Crippen molar-refractivity contribution in [3.05, 3.63) is 254 Å². The number of unbranched alkanes of at least 4 members (excludes halogenated alkanes) is 1. The maximum atomic E-state index is 2.76. The molecule has 0 bridgehead atoms. The molecule has 3 nitrogen and oxygen atoms in total. The lowest BCUT2D eigenvalue weighted by atomic mass is 9.33. The Hall–Kier alpha value is -8.90. The Morgan fingerprint density at radius 2 is 1.01 bits per heavy atom. The molecule has 2 aliphatic heterocycles. The molecule has 0 saturated carbocycles. The van der Waals surface area contributed by atoms with Gasteiger partial charge < -0.3 is 14.4 Å². The molecule has 5 heteroatoms. The standard InChI is InChI=1S/C74H58BN3S/c1-5-6-23-51-39-43-69-70(59-32-18-21-37-68(59)79-69)72(51)78-65-47-54(76-62-35-19-16-30-57(62)58-31-17-20-36-63(58)76)40-41-60(65)75-61-44-52(48-24-10-7-11-25-48)38-42-64(61)77(66-45-53(74(2,3)4)46-67(78)71(66)75)73-55(49-26-12-8-13-27-49)33-22-34-56(73)50-28-14-9-15-29-50/h7-22,24-47H,5-6,23H2,1-4H3. The van der Waals surface area contributed by atoms with Gasteiger partial charge in [0.15, 0.2) is 0 Å². The molecule has 0 radical (unpaired) electrons. The quantitative estimate of drug-likeness (QED) is 0.134. The first-order valence-corrected chi connectivity index (χ1v) is 28.9. The molecule has 0 amide bonds. The van der Waals surface area contributed by atoms with Crippen molar-refractivity contribution in [3.8, 4) is 39.1 Å². The van der Waals surface area contributed by atoms with Crippen LogP contribution in [0.1, 0.15) is 51.7 Å². The van der Waals surface area contributed by atoms with E-state index >= 15 is 0 Å². The van der Waals surface area contributed by atoms with Crippen LogP contribution >= 0.6 is 11.3 Å². The molecule has 2 aliphatic rings. The van der Waals surface area contributed by atoms with Crippen molar-refractivity contribution in [1.82, 2.24) is 4.57 Å². The van der Waals surface area contributed by atoms with E-state index in [2.05, 4.69) is 285 Å². The summed E-state index contributed by atoms with van der Waals surface area (Å²) in [6.07, 6.45) is 3.16. The van der Waals surface area contributed by atoms with Gasteiger partial charge in [0.2, 0.25) is 0 Å². The molecule has 0 N–H and O–H groups in total. The summed E-state index contributed by atoms with van der Waals surface area (Å²) in [5.74, 6) is 0. The van der Waals surface area contributed by atoms with Gasteiger partial charge in [0.1, 0.15) is 0 Å². The lowest BCUT2D eigenvalue weighted by Gasteiger charge is -2.46. The maximum absolute atomic E-state index is 2.76. The smallest absolute Gasteiger partial charge is 0.252 e. The number of para-hydroxylation sites is 3. The topological polar surface area (TPSA) is 11.4 Å². The van der Waals surface area contributed by atoms with Crippen LogP contribution in [0.2, 0.25) is 0 Å². The number of rotatable bonds is 9. The van der Waals surface area contributed by atoms with Crippen LogP contribution in [0.3, 0.4) is 0 Å². The van der Waals surface area contributed by atoms with Gasteiger partial charge in [-0.1, -0.05) is 222 Å². The summed E-state index contributed by atoms with van der Waals surface area (Å²) in [4.78, 5) is 5.43. The third-order valence-electron chi connectivity index (χ3n) is 16.9. The summed E-state index contributed by atoms with van der Waals surface area (Å²) >= 11 is 1.91. The van der Waals surface area contributed by atoms with Gasteiger partial charge in [-0.3, -0.25) is 0 Å². The molecule has 4 heterocycles. The van der Waals surface area contributed by atoms with E-state index in [-0.39, 0.29) is 12.1 Å². The molecule has 0 spiro atoms. The molecule has 0 atom stereocenters. The zero-order valence-electron chi connectivity index (χ0n) is 45.0. The number of thiophene rings is 1. The summed E-state index contributed by atoms with van der Waals surface area (Å²) in [6, 6.07) is 91.7. The van der Waals surface area contributed by atoms with Crippen molar-refractivity contribution < 1.29 is 0 Å². The fraction of sp³-hybridized carbons (Fsp3) is 0.108. The molecule has 0 saturated heterocycles. The van der Waals surface area contributed by atoms with E-state index in [1.807, 2.05) is 11.3 Å². The first-order valence-electron chi connectivity index (χ1n) is 28.1. The predicted octanol–water partition coefficient (Wildman–Crippen LogP) is 18.9. The number of aryl methyl sites for hydroxylation is 1. The molecule has 13 aromatic rings. The fourth-order valence-electron chi connectivity index (χ4n) is 13.2. The summed E-state index contributed by atoms with van der Waals surface area (Å²) in [6.45, 7) is 9.38. The van der Waals surface area contributed by atoms with Crippen molar-refractivity contribution >= 4 is 111 Å². The molecule has 11 aromatic carbocycles. The summed E-state index contributed by atoms with van der Waals surface area (Å²) in [7, 11) is 0. The molecule has 0 unspecified atom stereocenters. The number of hydrogen-bond donors (Lipinski definition) is 0. The largest absolute Gasteiger partial charge is 0.310 e. The Kier molecular flexibility index (Phi) is 11.2. The third-order valence-corrected chi connectivity index (χ3v) is 18.1. The zero-order valence-corrected chi connectivity index (χ0v) is 45.9. The van der Waals surface area contributed by atoms with E-state index in [4.69, 9.17) is 0 Å². The van der Waals surface area contributed by atoms with Crippen molar-refractivity contribution in [2.24, 2.45) is 0 Å². The Balaban J connectivity index is 1.12. The predicted molar refractivity (Wildman–Crippen MR) is 341 cm³/mol. The minimum absolute atomic E-state index is 0.117. The van der Waals surface area contributed by atoms with E-state index in [9.17, 15) is 0 Å². The van der Waals surface area contributed by atoms with Gasteiger partial charge in [-0.2, -0.15) is 0 Å². The van der Waals surface area contributed by atoms with E-state index in [0.29, 0.717) is 0 Å². The highest BCUT2D eigenvalue weighted by atomic mass is 32.1. The van der Waals surface area contributed by atoms with Crippen LogP contribution in [0.5, 0.6) is 0 Å². The number of nitrogens with zero attached hydrogens (tertiary/aromatic N) is 3. The summed E-state index contributed by atoms with van der Waals surface area (Å²) < 4.78 is 5.12. The number of anilines is 6. The zero-order chi connectivity index (χ0) is 52.9. The molecular formula is C74H58BN3S. The molecule has 79 heavy (non-hydrogen) atoms. The number of fused-ring (bicyclic) bond motifs is 10. The Morgan fingerprint density at radius 1 is 0.430 bits per heavy atom.